The molecule has 0 bridgehead atoms. The van der Waals surface area contributed by atoms with Crippen molar-refractivity contribution in [2.75, 3.05) is 13.7 Å². The zero-order valence-corrected chi connectivity index (χ0v) is 17.2. The maximum absolute atomic E-state index is 11.5. The van der Waals surface area contributed by atoms with Crippen molar-refractivity contribution in [2.24, 2.45) is 0 Å². The Kier molecular flexibility index (Phi) is 6.40. The van der Waals surface area contributed by atoms with Crippen LogP contribution in [0.25, 0.3) is 11.4 Å². The van der Waals surface area contributed by atoms with Gasteiger partial charge < -0.3 is 18.5 Å². The molecule has 0 fully saturated rings. The molecule has 0 aliphatic rings. The zero-order chi connectivity index (χ0) is 20.1. The summed E-state index contributed by atoms with van der Waals surface area (Å²) in [5, 5.41) is 13.9. The Bertz CT molecular complexity index is 946. The summed E-state index contributed by atoms with van der Waals surface area (Å²) in [6, 6.07) is 3.36. The van der Waals surface area contributed by atoms with Gasteiger partial charge in [0.05, 0.1) is 19.5 Å². The highest BCUT2D eigenvalue weighted by molar-refractivity contribution is 7.98. The van der Waals surface area contributed by atoms with E-state index in [2.05, 4.69) is 20.0 Å². The van der Waals surface area contributed by atoms with Crippen LogP contribution in [0.5, 0.6) is 5.88 Å². The van der Waals surface area contributed by atoms with Crippen molar-refractivity contribution in [3.05, 3.63) is 29.9 Å². The predicted molar refractivity (Wildman–Crippen MR) is 103 cm³/mol. The van der Waals surface area contributed by atoms with Crippen LogP contribution in [0.4, 0.5) is 0 Å². The summed E-state index contributed by atoms with van der Waals surface area (Å²) in [6.07, 6.45) is 1.92. The number of rotatable bonds is 9. The fraction of sp³-hybridized carbons (Fsp3) is 0.444. The molecule has 0 aromatic carbocycles. The first kappa shape index (κ1) is 20.0. The molecule has 0 saturated heterocycles. The Morgan fingerprint density at radius 2 is 2.04 bits per heavy atom. The van der Waals surface area contributed by atoms with E-state index in [1.54, 1.807) is 12.1 Å². The predicted octanol–water partition coefficient (Wildman–Crippen LogP) is 3.25. The molecule has 3 aromatic heterocycles. The lowest BCUT2D eigenvalue weighted by atomic mass is 10.3. The van der Waals surface area contributed by atoms with Gasteiger partial charge in [0.25, 0.3) is 0 Å². The molecule has 0 N–H and O–H groups in total. The maximum atomic E-state index is 11.5. The molecule has 0 unspecified atom stereocenters. The highest BCUT2D eigenvalue weighted by atomic mass is 32.2. The topological polar surface area (TPSA) is 97.2 Å². The molecule has 3 aromatic rings. The van der Waals surface area contributed by atoms with Gasteiger partial charge in [-0.2, -0.15) is 0 Å². The van der Waals surface area contributed by atoms with E-state index in [4.69, 9.17) is 9.15 Å². The fourth-order valence-corrected chi connectivity index (χ4v) is 3.54. The Labute approximate surface area is 167 Å². The quantitative estimate of drug-likeness (QED) is 0.395. The average Bonchev–Trinajstić information content (AvgIpc) is 3.43. The van der Waals surface area contributed by atoms with Gasteiger partial charge >= 0.3 is 5.97 Å². The van der Waals surface area contributed by atoms with Gasteiger partial charge in [0.1, 0.15) is 11.3 Å². The summed E-state index contributed by atoms with van der Waals surface area (Å²) >= 11 is 1.48. The number of carbonyl (C=O) groups is 1. The second kappa shape index (κ2) is 8.96. The lowest BCUT2D eigenvalue weighted by molar-refractivity contribution is 0.0563. The normalized spacial score (nSPS) is 11.0. The monoisotopic (exact) mass is 405 g/mol. The third-order valence-electron chi connectivity index (χ3n) is 4.00. The summed E-state index contributed by atoms with van der Waals surface area (Å²) in [7, 11) is 1.32. The third kappa shape index (κ3) is 4.06. The largest absolute Gasteiger partial charge is 0.476 e. The molecule has 9 nitrogen and oxygen atoms in total. The van der Waals surface area contributed by atoms with Gasteiger partial charge in [-0.25, -0.2) is 4.79 Å². The minimum atomic E-state index is -0.494. The molecule has 0 atom stereocenters. The number of thioether (sulfide) groups is 1. The second-order valence-corrected chi connectivity index (χ2v) is 6.68. The molecule has 10 heteroatoms. The van der Waals surface area contributed by atoms with E-state index in [0.717, 1.165) is 17.3 Å². The number of hydrogen-bond donors (Lipinski definition) is 0. The molecule has 0 spiro atoms. The summed E-state index contributed by atoms with van der Waals surface area (Å²) < 4.78 is 19.7. The SMILES string of the molecule is CCOc1nn(CC)cc1-c1nnc(SCc2ccc(C(=O)OC)o2)n1CC. The standard InChI is InChI=1S/C18H23N5O4S/c1-5-22-10-13(16(21-22)26-7-3)15-19-20-18(23(15)6-2)28-11-12-8-9-14(27-12)17(24)25-4/h8-10H,5-7,11H2,1-4H3. The molecule has 0 saturated carbocycles. The Morgan fingerprint density at radius 1 is 1.21 bits per heavy atom. The van der Waals surface area contributed by atoms with Gasteiger partial charge in [0, 0.05) is 19.3 Å². The van der Waals surface area contributed by atoms with E-state index < -0.39 is 5.97 Å². The number of furan rings is 1. The van der Waals surface area contributed by atoms with Crippen LogP contribution in [-0.2, 0) is 23.6 Å². The van der Waals surface area contributed by atoms with Crippen LogP contribution >= 0.6 is 11.8 Å². The maximum Gasteiger partial charge on any atom is 0.373 e. The van der Waals surface area contributed by atoms with Crippen molar-refractivity contribution in [1.29, 1.82) is 0 Å². The van der Waals surface area contributed by atoms with Crippen molar-refractivity contribution in [3.63, 3.8) is 0 Å². The summed E-state index contributed by atoms with van der Waals surface area (Å²) in [5.41, 5.74) is 0.816. The number of ether oxygens (including phenoxy) is 2. The number of nitrogens with zero attached hydrogens (tertiary/aromatic N) is 5. The molecular weight excluding hydrogens is 382 g/mol. The fourth-order valence-electron chi connectivity index (χ4n) is 2.64. The number of esters is 1. The minimum Gasteiger partial charge on any atom is -0.476 e. The van der Waals surface area contributed by atoms with Crippen LogP contribution in [0.15, 0.2) is 27.9 Å². The summed E-state index contributed by atoms with van der Waals surface area (Å²) in [5.74, 6) is 2.13. The molecule has 3 heterocycles. The van der Waals surface area contributed by atoms with Gasteiger partial charge in [-0.1, -0.05) is 11.8 Å². The molecule has 3 rings (SSSR count). The number of aromatic nitrogens is 5. The molecular formula is C18H23N5O4S. The lowest BCUT2D eigenvalue weighted by Crippen LogP contribution is -2.01. The summed E-state index contributed by atoms with van der Waals surface area (Å²) in [4.78, 5) is 11.5. The number of hydrogen-bond acceptors (Lipinski definition) is 8. The highest BCUT2D eigenvalue weighted by Crippen LogP contribution is 2.31. The first-order valence-electron chi connectivity index (χ1n) is 9.04. The van der Waals surface area contributed by atoms with E-state index >= 15 is 0 Å². The van der Waals surface area contributed by atoms with E-state index in [1.165, 1.54) is 18.9 Å². The van der Waals surface area contributed by atoms with E-state index in [-0.39, 0.29) is 5.76 Å². The van der Waals surface area contributed by atoms with Crippen LogP contribution in [-0.4, -0.2) is 44.2 Å². The second-order valence-electron chi connectivity index (χ2n) is 5.73. The van der Waals surface area contributed by atoms with Gasteiger partial charge in [-0.05, 0) is 32.9 Å². The molecule has 0 amide bonds. The van der Waals surface area contributed by atoms with E-state index in [0.29, 0.717) is 36.4 Å². The number of methoxy groups -OCH3 is 1. The van der Waals surface area contributed by atoms with Crippen molar-refractivity contribution >= 4 is 17.7 Å². The molecule has 0 radical (unpaired) electrons. The van der Waals surface area contributed by atoms with Crippen LogP contribution < -0.4 is 4.74 Å². The van der Waals surface area contributed by atoms with E-state index in [1.807, 2.05) is 36.2 Å². The van der Waals surface area contributed by atoms with Crippen molar-refractivity contribution in [2.45, 2.75) is 44.8 Å². The molecule has 0 aliphatic carbocycles. The zero-order valence-electron chi connectivity index (χ0n) is 16.3. The van der Waals surface area contributed by atoms with Crippen molar-refractivity contribution in [1.82, 2.24) is 24.5 Å². The first-order valence-corrected chi connectivity index (χ1v) is 10.0. The third-order valence-corrected chi connectivity index (χ3v) is 4.99. The number of carbonyl (C=O) groups excluding carboxylic acids is 1. The van der Waals surface area contributed by atoms with Crippen LogP contribution in [0.2, 0.25) is 0 Å². The van der Waals surface area contributed by atoms with Gasteiger partial charge in [0.2, 0.25) is 11.6 Å². The number of aryl methyl sites for hydroxylation is 1. The van der Waals surface area contributed by atoms with Gasteiger partial charge in [0.15, 0.2) is 11.0 Å². The average molecular weight is 405 g/mol. The summed E-state index contributed by atoms with van der Waals surface area (Å²) in [6.45, 7) is 7.93. The van der Waals surface area contributed by atoms with Gasteiger partial charge in [-0.15, -0.1) is 15.3 Å². The van der Waals surface area contributed by atoms with Crippen LogP contribution in [0.1, 0.15) is 37.1 Å². The molecule has 28 heavy (non-hydrogen) atoms. The molecule has 150 valence electrons. The lowest BCUT2D eigenvalue weighted by Gasteiger charge is -2.07. The molecule has 0 aliphatic heterocycles. The first-order chi connectivity index (χ1) is 13.6. The Balaban J connectivity index is 1.82. The smallest absolute Gasteiger partial charge is 0.373 e. The minimum absolute atomic E-state index is 0.184. The van der Waals surface area contributed by atoms with Crippen molar-refractivity contribution < 1.29 is 18.7 Å². The Morgan fingerprint density at radius 3 is 2.71 bits per heavy atom. The van der Waals surface area contributed by atoms with E-state index in [9.17, 15) is 4.79 Å². The van der Waals surface area contributed by atoms with Crippen molar-refractivity contribution in [3.8, 4) is 17.3 Å². The van der Waals surface area contributed by atoms with Crippen LogP contribution in [0, 0.1) is 0 Å². The van der Waals surface area contributed by atoms with Gasteiger partial charge in [-0.3, -0.25) is 4.68 Å². The Hall–Kier alpha value is -2.75. The van der Waals surface area contributed by atoms with Crippen LogP contribution in [0.3, 0.4) is 0 Å². The highest BCUT2D eigenvalue weighted by Gasteiger charge is 2.21.